The number of carbonyl (C=O) groups excluding carboxylic acids is 2. The number of aldehydes is 1. The molecular weight excluding hydrogens is 316 g/mol. The Bertz CT molecular complexity index is 676. The van der Waals surface area contributed by atoms with Gasteiger partial charge in [0.1, 0.15) is 11.8 Å². The van der Waals surface area contributed by atoms with Gasteiger partial charge in [-0.05, 0) is 24.6 Å². The number of rotatable bonds is 9. The topological polar surface area (TPSA) is 78.4 Å². The van der Waals surface area contributed by atoms with Crippen LogP contribution in [0.15, 0.2) is 60.7 Å². The maximum atomic E-state index is 12.7. The minimum Gasteiger partial charge on any atom is -0.393 e. The molecule has 25 heavy (non-hydrogen) atoms. The molecule has 0 aliphatic heterocycles. The molecule has 132 valence electrons. The molecule has 0 aromatic heterocycles. The van der Waals surface area contributed by atoms with E-state index < -0.39 is 18.2 Å². The Balaban J connectivity index is 2.11. The summed E-state index contributed by atoms with van der Waals surface area (Å²) in [7, 11) is 1.70. The van der Waals surface area contributed by atoms with Crippen LogP contribution in [0, 0.1) is 0 Å². The van der Waals surface area contributed by atoms with Gasteiger partial charge in [-0.3, -0.25) is 4.79 Å². The van der Waals surface area contributed by atoms with Gasteiger partial charge < -0.3 is 20.5 Å². The predicted octanol–water partition coefficient (Wildman–Crippen LogP) is 1.11. The number of aliphatic hydroxyl groups excluding tert-OH is 1. The lowest BCUT2D eigenvalue weighted by molar-refractivity contribution is -0.129. The van der Waals surface area contributed by atoms with Crippen LogP contribution in [-0.2, 0) is 22.4 Å². The molecule has 5 nitrogen and oxygen atoms in total. The Kier molecular flexibility index (Phi) is 6.86. The lowest BCUT2D eigenvalue weighted by atomic mass is 9.92. The van der Waals surface area contributed by atoms with Crippen molar-refractivity contribution in [1.29, 1.82) is 0 Å². The number of benzene rings is 2. The highest BCUT2D eigenvalue weighted by atomic mass is 16.3. The minimum atomic E-state index is -1.33. The zero-order valence-electron chi connectivity index (χ0n) is 14.3. The monoisotopic (exact) mass is 340 g/mol. The van der Waals surface area contributed by atoms with Gasteiger partial charge in [0.15, 0.2) is 0 Å². The summed E-state index contributed by atoms with van der Waals surface area (Å²) in [5.74, 6) is -0.316. The first-order valence-corrected chi connectivity index (χ1v) is 8.27. The highest BCUT2D eigenvalue weighted by Crippen LogP contribution is 2.13. The number of aliphatic hydroxyl groups is 1. The van der Waals surface area contributed by atoms with E-state index in [4.69, 9.17) is 0 Å². The quantitative estimate of drug-likeness (QED) is 0.598. The molecule has 0 spiro atoms. The third kappa shape index (κ3) is 5.24. The molecule has 3 N–H and O–H groups in total. The number of carbonyl (C=O) groups is 2. The van der Waals surface area contributed by atoms with Crippen LogP contribution in [0.1, 0.15) is 11.1 Å². The number of hydrogen-bond donors (Lipinski definition) is 3. The number of amides is 1. The number of likely N-dealkylation sites (N-methyl/N-ethyl adjacent to an activating group) is 1. The lowest BCUT2D eigenvalue weighted by Gasteiger charge is -2.29. The van der Waals surface area contributed by atoms with E-state index in [0.717, 1.165) is 11.1 Å². The Hall–Kier alpha value is -2.50. The maximum absolute atomic E-state index is 12.7. The zero-order valence-corrected chi connectivity index (χ0v) is 14.3. The molecular formula is C20H24N2O3. The summed E-state index contributed by atoms with van der Waals surface area (Å²) in [6.45, 7) is -0.459. The summed E-state index contributed by atoms with van der Waals surface area (Å²) >= 11 is 0. The van der Waals surface area contributed by atoms with Crippen LogP contribution in [-0.4, -0.2) is 42.5 Å². The van der Waals surface area contributed by atoms with E-state index in [0.29, 0.717) is 12.7 Å². The Morgan fingerprint density at radius 3 is 2.12 bits per heavy atom. The molecule has 0 saturated carbocycles. The van der Waals surface area contributed by atoms with Gasteiger partial charge in [-0.15, -0.1) is 0 Å². The summed E-state index contributed by atoms with van der Waals surface area (Å²) in [4.78, 5) is 24.3. The molecule has 5 heteroatoms. The van der Waals surface area contributed by atoms with Crippen LogP contribution in [0.25, 0.3) is 0 Å². The van der Waals surface area contributed by atoms with Gasteiger partial charge in [-0.2, -0.15) is 0 Å². The highest BCUT2D eigenvalue weighted by molar-refractivity contribution is 5.86. The summed E-state index contributed by atoms with van der Waals surface area (Å²) in [6, 6.07) is 18.5. The van der Waals surface area contributed by atoms with E-state index in [1.807, 2.05) is 60.7 Å². The Labute approximate surface area is 148 Å². The largest absolute Gasteiger partial charge is 0.393 e. The molecule has 1 amide bonds. The lowest BCUT2D eigenvalue weighted by Crippen LogP contribution is -2.59. The standard InChI is InChI=1S/C20H24N2O3/c1-21-18(12-16-8-4-2-5-9-16)19(25)22-20(14-23,15-24)13-17-10-6-3-7-11-17/h2-11,14,18,21,24H,12-13,15H2,1H3,(H,22,25)/t18-,20-/m0/s1. The van der Waals surface area contributed by atoms with Gasteiger partial charge in [-0.25, -0.2) is 0 Å². The molecule has 0 aliphatic rings. The second kappa shape index (κ2) is 9.11. The normalized spacial score (nSPS) is 14.3. The second-order valence-electron chi connectivity index (χ2n) is 6.11. The minimum absolute atomic E-state index is 0.237. The second-order valence-corrected chi connectivity index (χ2v) is 6.11. The van der Waals surface area contributed by atoms with Crippen molar-refractivity contribution in [1.82, 2.24) is 10.6 Å². The molecule has 0 bridgehead atoms. The van der Waals surface area contributed by atoms with Gasteiger partial charge in [0.25, 0.3) is 0 Å². The molecule has 0 saturated heterocycles. The SMILES string of the molecule is CN[C@@H](Cc1ccccc1)C(=O)N[C@@](C=O)(CO)Cc1ccccc1. The first-order chi connectivity index (χ1) is 12.1. The van der Waals surface area contributed by atoms with Crippen LogP contribution in [0.3, 0.4) is 0 Å². The summed E-state index contributed by atoms with van der Waals surface area (Å²) in [5.41, 5.74) is 0.554. The zero-order chi connectivity index (χ0) is 18.1. The van der Waals surface area contributed by atoms with E-state index in [1.54, 1.807) is 7.05 Å². The number of hydrogen-bond acceptors (Lipinski definition) is 4. The molecule has 0 fully saturated rings. The van der Waals surface area contributed by atoms with E-state index in [2.05, 4.69) is 10.6 Å². The van der Waals surface area contributed by atoms with Gasteiger partial charge in [0.05, 0.1) is 12.6 Å². The molecule has 2 aromatic carbocycles. The van der Waals surface area contributed by atoms with Crippen molar-refractivity contribution in [2.45, 2.75) is 24.4 Å². The van der Waals surface area contributed by atoms with Crippen molar-refractivity contribution in [3.63, 3.8) is 0 Å². The van der Waals surface area contributed by atoms with Crippen LogP contribution in [0.4, 0.5) is 0 Å². The fraction of sp³-hybridized carbons (Fsp3) is 0.300. The average Bonchev–Trinajstić information content (AvgIpc) is 2.67. The van der Waals surface area contributed by atoms with Crippen molar-refractivity contribution < 1.29 is 14.7 Å². The van der Waals surface area contributed by atoms with E-state index in [-0.39, 0.29) is 12.3 Å². The highest BCUT2D eigenvalue weighted by Gasteiger charge is 2.33. The summed E-state index contributed by atoms with van der Waals surface area (Å²) < 4.78 is 0. The molecule has 0 aliphatic carbocycles. The van der Waals surface area contributed by atoms with Crippen molar-refractivity contribution in [2.75, 3.05) is 13.7 Å². The molecule has 2 atom stereocenters. The van der Waals surface area contributed by atoms with Crippen LogP contribution in [0.2, 0.25) is 0 Å². The van der Waals surface area contributed by atoms with Crippen LogP contribution >= 0.6 is 0 Å². The third-order valence-corrected chi connectivity index (χ3v) is 4.19. The van der Waals surface area contributed by atoms with Crippen LogP contribution in [0.5, 0.6) is 0 Å². The van der Waals surface area contributed by atoms with Crippen molar-refractivity contribution >= 4 is 12.2 Å². The number of nitrogens with one attached hydrogen (secondary N) is 2. The first-order valence-electron chi connectivity index (χ1n) is 8.27. The van der Waals surface area contributed by atoms with E-state index in [1.165, 1.54) is 0 Å². The molecule has 2 rings (SSSR count). The van der Waals surface area contributed by atoms with Crippen molar-refractivity contribution in [2.24, 2.45) is 0 Å². The van der Waals surface area contributed by atoms with Crippen LogP contribution < -0.4 is 10.6 Å². The average molecular weight is 340 g/mol. The van der Waals surface area contributed by atoms with Gasteiger partial charge >= 0.3 is 0 Å². The Morgan fingerprint density at radius 2 is 1.64 bits per heavy atom. The fourth-order valence-electron chi connectivity index (χ4n) is 2.72. The summed E-state index contributed by atoms with van der Waals surface area (Å²) in [6.07, 6.45) is 1.35. The van der Waals surface area contributed by atoms with Gasteiger partial charge in [0.2, 0.25) is 5.91 Å². The van der Waals surface area contributed by atoms with Gasteiger partial charge in [-0.1, -0.05) is 60.7 Å². The van der Waals surface area contributed by atoms with Gasteiger partial charge in [0, 0.05) is 6.42 Å². The van der Waals surface area contributed by atoms with E-state index >= 15 is 0 Å². The molecule has 0 heterocycles. The third-order valence-electron chi connectivity index (χ3n) is 4.19. The summed E-state index contributed by atoms with van der Waals surface area (Å²) in [5, 5.41) is 15.5. The Morgan fingerprint density at radius 1 is 1.08 bits per heavy atom. The predicted molar refractivity (Wildman–Crippen MR) is 97.2 cm³/mol. The van der Waals surface area contributed by atoms with Crippen molar-refractivity contribution in [3.05, 3.63) is 71.8 Å². The smallest absolute Gasteiger partial charge is 0.238 e. The molecule has 0 unspecified atom stereocenters. The maximum Gasteiger partial charge on any atom is 0.238 e. The van der Waals surface area contributed by atoms with E-state index in [9.17, 15) is 14.7 Å². The first kappa shape index (κ1) is 18.8. The van der Waals surface area contributed by atoms with Crippen molar-refractivity contribution in [3.8, 4) is 0 Å². The molecule has 0 radical (unpaired) electrons. The fourth-order valence-corrected chi connectivity index (χ4v) is 2.72. The molecule has 2 aromatic rings.